The van der Waals surface area contributed by atoms with Crippen LogP contribution in [0.4, 0.5) is 4.39 Å². The predicted octanol–water partition coefficient (Wildman–Crippen LogP) is 2.18. The first kappa shape index (κ1) is 23.0. The van der Waals surface area contributed by atoms with Gasteiger partial charge in [0, 0.05) is 38.6 Å². The van der Waals surface area contributed by atoms with Gasteiger partial charge in [-0.3, -0.25) is 9.69 Å². The number of hydrogen-bond donors (Lipinski definition) is 1. The van der Waals surface area contributed by atoms with Crippen molar-refractivity contribution in [3.05, 3.63) is 29.6 Å². The summed E-state index contributed by atoms with van der Waals surface area (Å²) in [7, 11) is 1.47. The van der Waals surface area contributed by atoms with Crippen LogP contribution in [-0.2, 0) is 11.3 Å². The van der Waals surface area contributed by atoms with Crippen molar-refractivity contribution >= 4 is 30.7 Å². The van der Waals surface area contributed by atoms with Crippen LogP contribution in [0.25, 0.3) is 0 Å². The van der Waals surface area contributed by atoms with Crippen molar-refractivity contribution in [1.82, 2.24) is 15.1 Å². The number of benzene rings is 1. The molecule has 2 aliphatic rings. The maximum atomic E-state index is 13.8. The number of carbonyl (C=O) groups excluding carboxylic acids is 1. The van der Waals surface area contributed by atoms with E-state index in [4.69, 9.17) is 4.74 Å². The lowest BCUT2D eigenvalue weighted by Crippen LogP contribution is -2.54. The summed E-state index contributed by atoms with van der Waals surface area (Å²) in [5.41, 5.74) is 0.932. The monoisotopic (exact) mass is 407 g/mol. The Labute approximate surface area is 167 Å². The van der Waals surface area contributed by atoms with Gasteiger partial charge in [0.25, 0.3) is 0 Å². The third-order valence-electron chi connectivity index (χ3n) is 5.22. The molecule has 0 aromatic heterocycles. The second-order valence-electron chi connectivity index (χ2n) is 6.78. The SMILES string of the molecule is COc1ccc(CN2CCN(C(=O)C(C)C3CNC3)CC2)cc1F.Cl.Cl. The lowest BCUT2D eigenvalue weighted by molar-refractivity contribution is -0.139. The zero-order valence-electron chi connectivity index (χ0n) is 15.2. The number of rotatable bonds is 5. The summed E-state index contributed by atoms with van der Waals surface area (Å²) in [5.74, 6) is 0.809. The molecular formula is C18H28Cl2FN3O2. The Bertz CT molecular complexity index is 594. The molecule has 1 atom stereocenters. The Kier molecular flexibility index (Phi) is 9.10. The second kappa shape index (κ2) is 10.3. The van der Waals surface area contributed by atoms with E-state index >= 15 is 0 Å². The molecule has 1 amide bonds. The number of nitrogens with zero attached hydrogens (tertiary/aromatic N) is 2. The highest BCUT2D eigenvalue weighted by Crippen LogP contribution is 2.21. The van der Waals surface area contributed by atoms with E-state index in [0.29, 0.717) is 12.5 Å². The molecule has 2 saturated heterocycles. The Morgan fingerprint density at radius 3 is 2.42 bits per heavy atom. The molecule has 1 unspecified atom stereocenters. The van der Waals surface area contributed by atoms with Crippen LogP contribution in [0.5, 0.6) is 5.75 Å². The number of carbonyl (C=O) groups is 1. The van der Waals surface area contributed by atoms with Crippen molar-refractivity contribution in [2.75, 3.05) is 46.4 Å². The molecule has 5 nitrogen and oxygen atoms in total. The number of amides is 1. The molecular weight excluding hydrogens is 380 g/mol. The summed E-state index contributed by atoms with van der Waals surface area (Å²) < 4.78 is 18.7. The van der Waals surface area contributed by atoms with Gasteiger partial charge in [0.15, 0.2) is 11.6 Å². The van der Waals surface area contributed by atoms with Crippen molar-refractivity contribution in [3.63, 3.8) is 0 Å². The van der Waals surface area contributed by atoms with Gasteiger partial charge in [0.1, 0.15) is 0 Å². The second-order valence-corrected chi connectivity index (χ2v) is 6.78. The molecule has 2 heterocycles. The van der Waals surface area contributed by atoms with Gasteiger partial charge < -0.3 is 15.0 Å². The number of halogens is 3. The van der Waals surface area contributed by atoms with E-state index in [1.54, 1.807) is 6.07 Å². The highest BCUT2D eigenvalue weighted by molar-refractivity contribution is 5.85. The first-order chi connectivity index (χ1) is 11.6. The summed E-state index contributed by atoms with van der Waals surface area (Å²) in [5, 5.41) is 3.23. The van der Waals surface area contributed by atoms with Crippen LogP contribution in [-0.4, -0.2) is 62.1 Å². The van der Waals surface area contributed by atoms with Gasteiger partial charge in [0.2, 0.25) is 5.91 Å². The fourth-order valence-electron chi connectivity index (χ4n) is 3.35. The molecule has 3 rings (SSSR count). The minimum absolute atomic E-state index is 0. The third kappa shape index (κ3) is 5.22. The lowest BCUT2D eigenvalue weighted by Gasteiger charge is -2.39. The van der Waals surface area contributed by atoms with Gasteiger partial charge in [-0.15, -0.1) is 24.8 Å². The number of methoxy groups -OCH3 is 1. The van der Waals surface area contributed by atoms with E-state index in [-0.39, 0.29) is 48.2 Å². The van der Waals surface area contributed by atoms with Crippen LogP contribution in [0.3, 0.4) is 0 Å². The molecule has 2 aliphatic heterocycles. The molecule has 148 valence electrons. The Morgan fingerprint density at radius 2 is 1.92 bits per heavy atom. The van der Waals surface area contributed by atoms with E-state index in [1.165, 1.54) is 13.2 Å². The van der Waals surface area contributed by atoms with Crippen molar-refractivity contribution in [1.29, 1.82) is 0 Å². The number of nitrogens with one attached hydrogen (secondary N) is 1. The van der Waals surface area contributed by atoms with E-state index in [9.17, 15) is 9.18 Å². The van der Waals surface area contributed by atoms with E-state index < -0.39 is 0 Å². The van der Waals surface area contributed by atoms with Crippen molar-refractivity contribution in [2.45, 2.75) is 13.5 Å². The molecule has 0 radical (unpaired) electrons. The fourth-order valence-corrected chi connectivity index (χ4v) is 3.35. The van der Waals surface area contributed by atoms with Crippen LogP contribution >= 0.6 is 24.8 Å². The van der Waals surface area contributed by atoms with E-state index in [2.05, 4.69) is 10.2 Å². The Balaban J connectivity index is 0.00000169. The maximum absolute atomic E-state index is 13.8. The Hall–Kier alpha value is -1.08. The smallest absolute Gasteiger partial charge is 0.225 e. The molecule has 0 aliphatic carbocycles. The predicted molar refractivity (Wildman–Crippen MR) is 105 cm³/mol. The summed E-state index contributed by atoms with van der Waals surface area (Å²) in [6, 6.07) is 5.09. The normalized spacial score (nSPS) is 19.0. The van der Waals surface area contributed by atoms with Gasteiger partial charge in [0.05, 0.1) is 7.11 Å². The average molecular weight is 408 g/mol. The molecule has 0 spiro atoms. The zero-order chi connectivity index (χ0) is 17.1. The summed E-state index contributed by atoms with van der Waals surface area (Å²) in [4.78, 5) is 16.8. The van der Waals surface area contributed by atoms with Gasteiger partial charge in [-0.25, -0.2) is 4.39 Å². The standard InChI is InChI=1S/C18H26FN3O2.2ClH/c1-13(15-10-20-11-15)18(23)22-7-5-21(6-8-22)12-14-3-4-17(24-2)16(19)9-14;;/h3-4,9,13,15,20H,5-8,10-12H2,1-2H3;2*1H. The van der Waals surface area contributed by atoms with Crippen molar-refractivity contribution < 1.29 is 13.9 Å². The van der Waals surface area contributed by atoms with Crippen molar-refractivity contribution in [3.8, 4) is 5.75 Å². The summed E-state index contributed by atoms with van der Waals surface area (Å²) >= 11 is 0. The van der Waals surface area contributed by atoms with Gasteiger partial charge in [-0.1, -0.05) is 13.0 Å². The molecule has 8 heteroatoms. The van der Waals surface area contributed by atoms with Crippen LogP contribution in [0.1, 0.15) is 12.5 Å². The molecule has 0 saturated carbocycles. The summed E-state index contributed by atoms with van der Waals surface area (Å²) in [6.07, 6.45) is 0. The van der Waals surface area contributed by atoms with Crippen LogP contribution in [0.2, 0.25) is 0 Å². The zero-order valence-corrected chi connectivity index (χ0v) is 16.9. The topological polar surface area (TPSA) is 44.8 Å². The fraction of sp³-hybridized carbons (Fsp3) is 0.611. The quantitative estimate of drug-likeness (QED) is 0.812. The molecule has 1 N–H and O–H groups in total. The van der Waals surface area contributed by atoms with Crippen LogP contribution in [0, 0.1) is 17.7 Å². The number of piperazine rings is 1. The van der Waals surface area contributed by atoms with E-state index in [0.717, 1.165) is 44.8 Å². The number of ether oxygens (including phenoxy) is 1. The third-order valence-corrected chi connectivity index (χ3v) is 5.22. The first-order valence-electron chi connectivity index (χ1n) is 8.62. The lowest BCUT2D eigenvalue weighted by atomic mass is 9.88. The van der Waals surface area contributed by atoms with Gasteiger partial charge in [-0.2, -0.15) is 0 Å². The van der Waals surface area contributed by atoms with Gasteiger partial charge in [-0.05, 0) is 36.7 Å². The minimum Gasteiger partial charge on any atom is -0.494 e. The first-order valence-corrected chi connectivity index (χ1v) is 8.62. The molecule has 2 fully saturated rings. The highest BCUT2D eigenvalue weighted by Gasteiger charge is 2.32. The van der Waals surface area contributed by atoms with Crippen molar-refractivity contribution in [2.24, 2.45) is 11.8 Å². The highest BCUT2D eigenvalue weighted by atomic mass is 35.5. The Morgan fingerprint density at radius 1 is 1.27 bits per heavy atom. The average Bonchev–Trinajstić information content (AvgIpc) is 2.53. The largest absolute Gasteiger partial charge is 0.494 e. The maximum Gasteiger partial charge on any atom is 0.225 e. The van der Waals surface area contributed by atoms with Gasteiger partial charge >= 0.3 is 0 Å². The van der Waals surface area contributed by atoms with Crippen LogP contribution in [0.15, 0.2) is 18.2 Å². The molecule has 26 heavy (non-hydrogen) atoms. The van der Waals surface area contributed by atoms with E-state index in [1.807, 2.05) is 17.9 Å². The molecule has 1 aromatic rings. The minimum atomic E-state index is -0.327. The summed E-state index contributed by atoms with van der Waals surface area (Å²) in [6.45, 7) is 7.81. The molecule has 0 bridgehead atoms. The molecule has 1 aromatic carbocycles. The number of hydrogen-bond acceptors (Lipinski definition) is 4. The van der Waals surface area contributed by atoms with Crippen LogP contribution < -0.4 is 10.1 Å².